The molecule has 258 valence electrons. The summed E-state index contributed by atoms with van der Waals surface area (Å²) in [6.45, 7) is 0. The summed E-state index contributed by atoms with van der Waals surface area (Å²) >= 11 is 1.89. The molecular weight excluding hydrogens is 685 g/mol. The highest BCUT2D eigenvalue weighted by Crippen LogP contribution is 2.45. The average molecular weight is 719 g/mol. The number of para-hydroxylation sites is 2. The van der Waals surface area contributed by atoms with Crippen LogP contribution in [0.25, 0.3) is 80.7 Å². The average Bonchev–Trinajstić information content (AvgIpc) is 3.81. The minimum atomic E-state index is 1.10. The van der Waals surface area contributed by atoms with Gasteiger partial charge in [0.15, 0.2) is 0 Å². The van der Waals surface area contributed by atoms with Crippen molar-refractivity contribution in [2.45, 2.75) is 0 Å². The van der Waals surface area contributed by atoms with Crippen LogP contribution < -0.4 is 4.90 Å². The number of anilines is 3. The maximum Gasteiger partial charge on any atom is 0.0561 e. The molecule has 0 atom stereocenters. The predicted octanol–water partition coefficient (Wildman–Crippen LogP) is 15.1. The summed E-state index contributed by atoms with van der Waals surface area (Å²) in [7, 11) is 0. The van der Waals surface area contributed by atoms with Gasteiger partial charge in [0.05, 0.1) is 11.0 Å². The van der Waals surface area contributed by atoms with Crippen LogP contribution in [0.2, 0.25) is 0 Å². The van der Waals surface area contributed by atoms with E-state index >= 15 is 0 Å². The van der Waals surface area contributed by atoms with Crippen LogP contribution in [0, 0.1) is 0 Å². The van der Waals surface area contributed by atoms with Gasteiger partial charge in [-0.1, -0.05) is 140 Å². The minimum Gasteiger partial charge on any atom is -0.310 e. The maximum atomic E-state index is 2.39. The second-order valence-electron chi connectivity index (χ2n) is 14.1. The van der Waals surface area contributed by atoms with E-state index in [0.29, 0.717) is 0 Å². The summed E-state index contributed by atoms with van der Waals surface area (Å²) in [5, 5.41) is 7.71. The van der Waals surface area contributed by atoms with Crippen LogP contribution >= 0.6 is 11.3 Å². The number of hydrogen-bond donors (Lipinski definition) is 0. The first-order valence-corrected chi connectivity index (χ1v) is 19.6. The zero-order chi connectivity index (χ0) is 36.3. The van der Waals surface area contributed by atoms with Crippen molar-refractivity contribution < 1.29 is 0 Å². The number of aromatic nitrogens is 1. The summed E-state index contributed by atoms with van der Waals surface area (Å²) in [6, 6.07) is 75.1. The van der Waals surface area contributed by atoms with Gasteiger partial charge in [0.2, 0.25) is 0 Å². The van der Waals surface area contributed by atoms with Crippen LogP contribution in [0.1, 0.15) is 0 Å². The summed E-state index contributed by atoms with van der Waals surface area (Å²) < 4.78 is 5.06. The molecule has 0 saturated carbocycles. The smallest absolute Gasteiger partial charge is 0.0561 e. The number of thiophene rings is 1. The molecule has 2 heterocycles. The van der Waals surface area contributed by atoms with E-state index in [-0.39, 0.29) is 0 Å². The fourth-order valence-electron chi connectivity index (χ4n) is 8.41. The molecule has 0 aliphatic carbocycles. The van der Waals surface area contributed by atoms with E-state index in [0.717, 1.165) is 22.7 Å². The summed E-state index contributed by atoms with van der Waals surface area (Å²) in [4.78, 5) is 2.39. The lowest BCUT2D eigenvalue weighted by molar-refractivity contribution is 1.18. The molecule has 55 heavy (non-hydrogen) atoms. The molecule has 0 fully saturated rings. The summed E-state index contributed by atoms with van der Waals surface area (Å²) in [6.07, 6.45) is 0. The normalized spacial score (nSPS) is 11.6. The molecule has 0 bridgehead atoms. The zero-order valence-electron chi connectivity index (χ0n) is 29.9. The van der Waals surface area contributed by atoms with Gasteiger partial charge < -0.3 is 9.47 Å². The maximum absolute atomic E-state index is 2.39. The molecule has 11 rings (SSSR count). The molecule has 0 aliphatic heterocycles. The quantitative estimate of drug-likeness (QED) is 0.166. The van der Waals surface area contributed by atoms with E-state index in [1.165, 1.54) is 75.0 Å². The Labute approximate surface area is 323 Å². The van der Waals surface area contributed by atoms with Crippen LogP contribution in [0.3, 0.4) is 0 Å². The zero-order valence-corrected chi connectivity index (χ0v) is 30.7. The Hall–Kier alpha value is -6.94. The number of fused-ring (bicyclic) bond motifs is 8. The lowest BCUT2D eigenvalue weighted by atomic mass is 9.95. The van der Waals surface area contributed by atoms with E-state index in [4.69, 9.17) is 0 Å². The van der Waals surface area contributed by atoms with Gasteiger partial charge in [-0.15, -0.1) is 11.3 Å². The Morgan fingerprint density at radius 3 is 1.71 bits per heavy atom. The second kappa shape index (κ2) is 12.9. The second-order valence-corrected chi connectivity index (χ2v) is 15.2. The van der Waals surface area contributed by atoms with Gasteiger partial charge in [-0.05, 0) is 99.8 Å². The first kappa shape index (κ1) is 31.6. The third-order valence-electron chi connectivity index (χ3n) is 11.0. The van der Waals surface area contributed by atoms with E-state index in [2.05, 4.69) is 216 Å². The number of benzene rings is 9. The predicted molar refractivity (Wildman–Crippen MR) is 237 cm³/mol. The van der Waals surface area contributed by atoms with Crippen molar-refractivity contribution in [1.29, 1.82) is 0 Å². The first-order valence-electron chi connectivity index (χ1n) is 18.8. The fourth-order valence-corrected chi connectivity index (χ4v) is 9.68. The SMILES string of the molecule is c1ccc(-c2ccc(N(c3ccc(-c4cc5ccccc5c5sc6ccccc6c45)cc3)c3ccc4c5ccccc5n(-c5ccccc5)c4c3)cc2)cc1. The van der Waals surface area contributed by atoms with Crippen LogP contribution in [-0.2, 0) is 0 Å². The molecule has 2 aromatic heterocycles. The summed E-state index contributed by atoms with van der Waals surface area (Å²) in [5.74, 6) is 0. The van der Waals surface area contributed by atoms with Crippen LogP contribution in [0.4, 0.5) is 17.1 Å². The molecule has 9 aromatic carbocycles. The molecule has 2 nitrogen and oxygen atoms in total. The Balaban J connectivity index is 1.10. The Kier molecular flexibility index (Phi) is 7.39. The van der Waals surface area contributed by atoms with Gasteiger partial charge in [-0.25, -0.2) is 0 Å². The van der Waals surface area contributed by atoms with Gasteiger partial charge in [-0.2, -0.15) is 0 Å². The van der Waals surface area contributed by atoms with Crippen LogP contribution in [-0.4, -0.2) is 4.57 Å². The van der Waals surface area contributed by atoms with Gasteiger partial charge in [-0.3, -0.25) is 0 Å². The Morgan fingerprint density at radius 2 is 0.945 bits per heavy atom. The van der Waals surface area contributed by atoms with Crippen LogP contribution in [0.15, 0.2) is 206 Å². The Bertz CT molecular complexity index is 3180. The van der Waals surface area contributed by atoms with E-state index in [9.17, 15) is 0 Å². The molecule has 0 aliphatic rings. The monoisotopic (exact) mass is 718 g/mol. The van der Waals surface area contributed by atoms with E-state index in [1.807, 2.05) is 11.3 Å². The molecule has 11 aromatic rings. The molecule has 0 unspecified atom stereocenters. The van der Waals surface area contributed by atoms with Gasteiger partial charge in [0.25, 0.3) is 0 Å². The van der Waals surface area contributed by atoms with Crippen molar-refractivity contribution in [3.05, 3.63) is 206 Å². The third-order valence-corrected chi connectivity index (χ3v) is 12.2. The third kappa shape index (κ3) is 5.24. The van der Waals surface area contributed by atoms with E-state index in [1.54, 1.807) is 0 Å². The molecule has 3 heteroatoms. The standard InChI is InChI=1S/C52H34N2S/c1-3-13-35(14-4-1)36-23-27-40(28-24-36)53(42-31-32-45-44-19-9-11-21-48(44)54(49(45)34-42)39-16-5-2-6-17-39)41-29-25-37(26-30-41)47-33-38-15-7-8-18-43(38)52-51(47)46-20-10-12-22-50(46)55-52/h1-34H. The van der Waals surface area contributed by atoms with Crippen molar-refractivity contribution in [2.24, 2.45) is 0 Å². The number of rotatable bonds is 6. The highest BCUT2D eigenvalue weighted by Gasteiger charge is 2.19. The molecular formula is C52H34N2S. The van der Waals surface area contributed by atoms with Crippen LogP contribution in [0.5, 0.6) is 0 Å². The largest absolute Gasteiger partial charge is 0.310 e. The van der Waals surface area contributed by atoms with Gasteiger partial charge in [0, 0.05) is 53.7 Å². The van der Waals surface area contributed by atoms with Crippen molar-refractivity contribution >= 4 is 81.1 Å². The highest BCUT2D eigenvalue weighted by molar-refractivity contribution is 7.26. The number of hydrogen-bond acceptors (Lipinski definition) is 2. The summed E-state index contributed by atoms with van der Waals surface area (Å²) in [5.41, 5.74) is 11.7. The fraction of sp³-hybridized carbons (Fsp3) is 0. The van der Waals surface area contributed by atoms with Crippen molar-refractivity contribution in [2.75, 3.05) is 4.90 Å². The highest BCUT2D eigenvalue weighted by atomic mass is 32.1. The molecule has 0 N–H and O–H groups in total. The molecule has 0 saturated heterocycles. The minimum absolute atomic E-state index is 1.10. The van der Waals surface area contributed by atoms with E-state index < -0.39 is 0 Å². The van der Waals surface area contributed by atoms with Crippen molar-refractivity contribution in [3.63, 3.8) is 0 Å². The number of nitrogens with zero attached hydrogens (tertiary/aromatic N) is 2. The lowest BCUT2D eigenvalue weighted by Gasteiger charge is -2.26. The van der Waals surface area contributed by atoms with Crippen molar-refractivity contribution in [1.82, 2.24) is 4.57 Å². The van der Waals surface area contributed by atoms with Gasteiger partial charge >= 0.3 is 0 Å². The lowest BCUT2D eigenvalue weighted by Crippen LogP contribution is -2.10. The van der Waals surface area contributed by atoms with Gasteiger partial charge in [0.1, 0.15) is 0 Å². The topological polar surface area (TPSA) is 8.17 Å². The van der Waals surface area contributed by atoms with Crippen molar-refractivity contribution in [3.8, 4) is 27.9 Å². The Morgan fingerprint density at radius 1 is 0.382 bits per heavy atom. The first-order chi connectivity index (χ1) is 27.3. The molecule has 0 amide bonds. The molecule has 0 spiro atoms. The molecule has 0 radical (unpaired) electrons.